The highest BCUT2D eigenvalue weighted by molar-refractivity contribution is 5.73. The van der Waals surface area contributed by atoms with Gasteiger partial charge in [-0.15, -0.1) is 0 Å². The van der Waals surface area contributed by atoms with Crippen molar-refractivity contribution in [3.05, 3.63) is 29.6 Å². The highest BCUT2D eigenvalue weighted by atomic mass is 19.1. The number of nitrogens with two attached hydrogens (primary N) is 1. The van der Waals surface area contributed by atoms with Crippen molar-refractivity contribution < 1.29 is 13.9 Å². The molecule has 0 aliphatic carbocycles. The topological polar surface area (TPSA) is 64.3 Å². The standard InChI is InChI=1S/C13H19FN2O2/c1-9(16-7-3-4-13(15)17)11-6-5-10(18-2)8-12(11)14/h5-6,8-9,16H,3-4,7H2,1-2H3,(H2,15,17). The van der Waals surface area contributed by atoms with E-state index in [1.807, 2.05) is 6.92 Å². The lowest BCUT2D eigenvalue weighted by Gasteiger charge is -2.15. The molecule has 0 aromatic heterocycles. The van der Waals surface area contributed by atoms with Crippen molar-refractivity contribution in [3.63, 3.8) is 0 Å². The Kier molecular flexibility index (Phi) is 5.58. The highest BCUT2D eigenvalue weighted by Crippen LogP contribution is 2.21. The van der Waals surface area contributed by atoms with Gasteiger partial charge in [0.05, 0.1) is 7.11 Å². The lowest BCUT2D eigenvalue weighted by atomic mass is 10.1. The van der Waals surface area contributed by atoms with Crippen LogP contribution in [0.5, 0.6) is 5.75 Å². The number of hydrogen-bond acceptors (Lipinski definition) is 3. The molecule has 1 unspecified atom stereocenters. The second-order valence-electron chi connectivity index (χ2n) is 4.13. The quantitative estimate of drug-likeness (QED) is 0.729. The predicted octanol–water partition coefficient (Wildman–Crippen LogP) is 1.75. The lowest BCUT2D eigenvalue weighted by Crippen LogP contribution is -2.22. The van der Waals surface area contributed by atoms with Crippen LogP contribution in [0.25, 0.3) is 0 Å². The number of primary amides is 1. The van der Waals surface area contributed by atoms with Crippen LogP contribution in [0.3, 0.4) is 0 Å². The smallest absolute Gasteiger partial charge is 0.217 e. The molecule has 1 aromatic rings. The summed E-state index contributed by atoms with van der Waals surface area (Å²) >= 11 is 0. The van der Waals surface area contributed by atoms with Crippen LogP contribution >= 0.6 is 0 Å². The fourth-order valence-corrected chi connectivity index (χ4v) is 1.68. The first-order valence-corrected chi connectivity index (χ1v) is 5.89. The number of carbonyl (C=O) groups excluding carboxylic acids is 1. The van der Waals surface area contributed by atoms with Gasteiger partial charge < -0.3 is 15.8 Å². The maximum Gasteiger partial charge on any atom is 0.217 e. The molecule has 18 heavy (non-hydrogen) atoms. The summed E-state index contributed by atoms with van der Waals surface area (Å²) < 4.78 is 18.7. The molecule has 1 atom stereocenters. The van der Waals surface area contributed by atoms with Crippen LogP contribution < -0.4 is 15.8 Å². The van der Waals surface area contributed by atoms with Crippen molar-refractivity contribution in [3.8, 4) is 5.75 Å². The zero-order chi connectivity index (χ0) is 13.5. The Labute approximate surface area is 106 Å². The number of ether oxygens (including phenoxy) is 1. The van der Waals surface area contributed by atoms with Crippen LogP contribution in [0.1, 0.15) is 31.4 Å². The number of halogens is 1. The molecule has 0 aliphatic rings. The van der Waals surface area contributed by atoms with Crippen LogP contribution in [-0.4, -0.2) is 19.6 Å². The Morgan fingerprint density at radius 3 is 2.83 bits per heavy atom. The summed E-state index contributed by atoms with van der Waals surface area (Å²) in [6.07, 6.45) is 0.988. The SMILES string of the molecule is COc1ccc(C(C)NCCCC(N)=O)c(F)c1. The zero-order valence-corrected chi connectivity index (χ0v) is 10.7. The van der Waals surface area contributed by atoms with Crippen LogP contribution in [0, 0.1) is 5.82 Å². The molecule has 0 radical (unpaired) electrons. The fraction of sp³-hybridized carbons (Fsp3) is 0.462. The van der Waals surface area contributed by atoms with Gasteiger partial charge in [0.25, 0.3) is 0 Å². The van der Waals surface area contributed by atoms with Crippen LogP contribution in [-0.2, 0) is 4.79 Å². The van der Waals surface area contributed by atoms with Crippen molar-refractivity contribution in [2.45, 2.75) is 25.8 Å². The second-order valence-corrected chi connectivity index (χ2v) is 4.13. The van der Waals surface area contributed by atoms with E-state index in [2.05, 4.69) is 5.32 Å². The molecule has 0 spiro atoms. The van der Waals surface area contributed by atoms with E-state index in [0.717, 1.165) is 0 Å². The molecule has 3 N–H and O–H groups in total. The van der Waals surface area contributed by atoms with E-state index in [9.17, 15) is 9.18 Å². The van der Waals surface area contributed by atoms with E-state index in [1.165, 1.54) is 13.2 Å². The number of benzene rings is 1. The number of methoxy groups -OCH3 is 1. The van der Waals surface area contributed by atoms with Gasteiger partial charge in [0.15, 0.2) is 0 Å². The molecule has 1 amide bonds. The van der Waals surface area contributed by atoms with Gasteiger partial charge in [-0.3, -0.25) is 4.79 Å². The van der Waals surface area contributed by atoms with Crippen molar-refractivity contribution in [2.75, 3.05) is 13.7 Å². The van der Waals surface area contributed by atoms with Gasteiger partial charge >= 0.3 is 0 Å². The molecule has 0 aliphatic heterocycles. The van der Waals surface area contributed by atoms with Crippen molar-refractivity contribution in [1.82, 2.24) is 5.32 Å². The van der Waals surface area contributed by atoms with Crippen LogP contribution in [0.4, 0.5) is 4.39 Å². The monoisotopic (exact) mass is 254 g/mol. The molecule has 0 heterocycles. The highest BCUT2D eigenvalue weighted by Gasteiger charge is 2.11. The number of nitrogens with one attached hydrogen (secondary N) is 1. The summed E-state index contributed by atoms with van der Waals surface area (Å²) in [4.78, 5) is 10.6. The summed E-state index contributed by atoms with van der Waals surface area (Å²) in [7, 11) is 1.50. The Balaban J connectivity index is 2.50. The van der Waals surface area contributed by atoms with Gasteiger partial charge in [-0.1, -0.05) is 6.07 Å². The first kappa shape index (κ1) is 14.4. The van der Waals surface area contributed by atoms with Gasteiger partial charge in [0.2, 0.25) is 5.91 Å². The number of hydrogen-bond donors (Lipinski definition) is 2. The largest absolute Gasteiger partial charge is 0.497 e. The van der Waals surface area contributed by atoms with E-state index in [4.69, 9.17) is 10.5 Å². The maximum absolute atomic E-state index is 13.7. The van der Waals surface area contributed by atoms with Crippen molar-refractivity contribution >= 4 is 5.91 Å². The number of rotatable bonds is 7. The number of carbonyl (C=O) groups is 1. The molecule has 5 heteroatoms. The molecule has 0 bridgehead atoms. The second kappa shape index (κ2) is 6.96. The summed E-state index contributed by atoms with van der Waals surface area (Å²) in [5, 5.41) is 3.14. The van der Waals surface area contributed by atoms with E-state index < -0.39 is 0 Å². The summed E-state index contributed by atoms with van der Waals surface area (Å²) in [5.74, 6) is -0.124. The van der Waals surface area contributed by atoms with Gasteiger partial charge in [-0.25, -0.2) is 4.39 Å². The molecule has 4 nitrogen and oxygen atoms in total. The Morgan fingerprint density at radius 2 is 2.28 bits per heavy atom. The maximum atomic E-state index is 13.7. The van der Waals surface area contributed by atoms with E-state index in [1.54, 1.807) is 12.1 Å². The van der Waals surface area contributed by atoms with Crippen LogP contribution in [0.15, 0.2) is 18.2 Å². The third-order valence-electron chi connectivity index (χ3n) is 2.72. The molecule has 0 fully saturated rings. The molecular weight excluding hydrogens is 235 g/mol. The minimum atomic E-state index is -0.319. The summed E-state index contributed by atoms with van der Waals surface area (Å²) in [6, 6.07) is 4.65. The molecule has 0 saturated heterocycles. The predicted molar refractivity (Wildman–Crippen MR) is 67.8 cm³/mol. The summed E-state index contributed by atoms with van der Waals surface area (Å²) in [5.41, 5.74) is 5.61. The van der Waals surface area contributed by atoms with Crippen molar-refractivity contribution in [1.29, 1.82) is 0 Å². The minimum absolute atomic E-state index is 0.121. The van der Waals surface area contributed by atoms with E-state index in [0.29, 0.717) is 30.7 Å². The minimum Gasteiger partial charge on any atom is -0.497 e. The van der Waals surface area contributed by atoms with Gasteiger partial charge in [-0.05, 0) is 26.0 Å². The molecular formula is C13H19FN2O2. The molecule has 1 rings (SSSR count). The molecule has 100 valence electrons. The average Bonchev–Trinajstić information content (AvgIpc) is 2.33. The summed E-state index contributed by atoms with van der Waals surface area (Å²) in [6.45, 7) is 2.49. The van der Waals surface area contributed by atoms with E-state index in [-0.39, 0.29) is 17.8 Å². The van der Waals surface area contributed by atoms with Crippen LogP contribution in [0.2, 0.25) is 0 Å². The average molecular weight is 254 g/mol. The van der Waals surface area contributed by atoms with Crippen molar-refractivity contribution in [2.24, 2.45) is 5.73 Å². The van der Waals surface area contributed by atoms with Gasteiger partial charge in [0.1, 0.15) is 11.6 Å². The normalized spacial score (nSPS) is 12.2. The number of amides is 1. The third-order valence-corrected chi connectivity index (χ3v) is 2.72. The van der Waals surface area contributed by atoms with Gasteiger partial charge in [0, 0.05) is 24.1 Å². The Morgan fingerprint density at radius 1 is 1.56 bits per heavy atom. The third kappa shape index (κ3) is 4.33. The Hall–Kier alpha value is -1.62. The Bertz CT molecular complexity index is 410. The first-order chi connectivity index (χ1) is 8.54. The fourth-order valence-electron chi connectivity index (χ4n) is 1.68. The molecule has 0 saturated carbocycles. The first-order valence-electron chi connectivity index (χ1n) is 5.89. The van der Waals surface area contributed by atoms with E-state index >= 15 is 0 Å². The zero-order valence-electron chi connectivity index (χ0n) is 10.7. The lowest BCUT2D eigenvalue weighted by molar-refractivity contribution is -0.118. The molecule has 1 aromatic carbocycles. The van der Waals surface area contributed by atoms with Gasteiger partial charge in [-0.2, -0.15) is 0 Å².